The summed E-state index contributed by atoms with van der Waals surface area (Å²) in [6, 6.07) is 20.9. The maximum Gasteiger partial charge on any atom is 0.249 e. The zero-order valence-corrected chi connectivity index (χ0v) is 29.2. The van der Waals surface area contributed by atoms with Gasteiger partial charge in [0.15, 0.2) is 0 Å². The number of piperidine rings is 1. The number of phenols is 1. The van der Waals surface area contributed by atoms with Crippen LogP contribution in [0.3, 0.4) is 0 Å². The van der Waals surface area contributed by atoms with Crippen LogP contribution in [0, 0.1) is 0 Å². The predicted octanol–water partition coefficient (Wildman–Crippen LogP) is 4.57. The molecule has 3 aliphatic heterocycles. The van der Waals surface area contributed by atoms with Crippen molar-refractivity contribution in [3.05, 3.63) is 84.7 Å². The minimum atomic E-state index is -0.369. The summed E-state index contributed by atoms with van der Waals surface area (Å²) in [6.07, 6.45) is 8.52. The van der Waals surface area contributed by atoms with Crippen molar-refractivity contribution in [3.63, 3.8) is 0 Å². The second-order valence-electron chi connectivity index (χ2n) is 14.3. The first-order valence-electron chi connectivity index (χ1n) is 18.4. The number of nitrogens with zero attached hydrogens (tertiary/aromatic N) is 7. The van der Waals surface area contributed by atoms with E-state index < -0.39 is 0 Å². The number of amides is 3. The number of carbonyl (C=O) groups is 3. The molecule has 270 valence electrons. The number of benzene rings is 2. The normalized spacial score (nSPS) is 22.4. The number of piperazine rings is 1. The van der Waals surface area contributed by atoms with Crippen molar-refractivity contribution in [2.45, 2.75) is 56.5 Å². The number of carbonyl (C=O) groups excluding carboxylic acids is 3. The number of aromatic nitrogens is 4. The minimum absolute atomic E-state index is 0.0479. The molecular weight excluding hydrogens is 672 g/mol. The summed E-state index contributed by atoms with van der Waals surface area (Å²) in [5.74, 6) is 1.59. The average molecular weight is 713 g/mol. The van der Waals surface area contributed by atoms with E-state index in [0.29, 0.717) is 68.1 Å². The van der Waals surface area contributed by atoms with Gasteiger partial charge in [0.2, 0.25) is 17.7 Å². The fourth-order valence-electron chi connectivity index (χ4n) is 8.57. The second kappa shape index (κ2) is 13.6. The van der Waals surface area contributed by atoms with Crippen molar-refractivity contribution >= 4 is 40.3 Å². The van der Waals surface area contributed by atoms with Gasteiger partial charge in [-0.15, -0.1) is 10.2 Å². The number of rotatable bonds is 6. The van der Waals surface area contributed by atoms with Crippen LogP contribution in [0.1, 0.15) is 50.0 Å². The molecule has 3 aromatic heterocycles. The van der Waals surface area contributed by atoms with E-state index in [0.717, 1.165) is 60.4 Å². The van der Waals surface area contributed by atoms with Gasteiger partial charge in [0, 0.05) is 37.3 Å². The molecule has 4 aliphatic rings. The largest absolute Gasteiger partial charge is 0.507 e. The van der Waals surface area contributed by atoms with Crippen LogP contribution < -0.4 is 19.9 Å². The molecule has 2 aromatic carbocycles. The molecule has 2 N–H and O–H groups in total. The predicted molar refractivity (Wildman–Crippen MR) is 198 cm³/mol. The van der Waals surface area contributed by atoms with Crippen LogP contribution in [0.15, 0.2) is 79.1 Å². The highest BCUT2D eigenvalue weighted by molar-refractivity contribution is 6.02. The molecule has 1 atom stereocenters. The van der Waals surface area contributed by atoms with Gasteiger partial charge in [0.05, 0.1) is 41.9 Å². The Morgan fingerprint density at radius 3 is 2.53 bits per heavy atom. The number of pyridine rings is 1. The molecule has 1 saturated carbocycles. The Bertz CT molecular complexity index is 2210. The first kappa shape index (κ1) is 33.0. The van der Waals surface area contributed by atoms with Crippen LogP contribution in [0.4, 0.5) is 11.5 Å². The second-order valence-corrected chi connectivity index (χ2v) is 14.3. The molecule has 6 heterocycles. The van der Waals surface area contributed by atoms with E-state index in [1.807, 2.05) is 53.2 Å². The SMILES string of the molecule is O=C1CCC(N2CCOc3c(C4CCC(N5CCN(c6ccc(-n7ccc8nnc(-c9ccccc9O)cc87)cn6)C(=O)C5)CC4)cccc32)C(=O)N1. The molecule has 13 heteroatoms. The van der Waals surface area contributed by atoms with Crippen molar-refractivity contribution in [2.24, 2.45) is 0 Å². The van der Waals surface area contributed by atoms with E-state index in [1.165, 1.54) is 5.56 Å². The first-order chi connectivity index (χ1) is 25.9. The number of hydrogen-bond acceptors (Lipinski definition) is 10. The fraction of sp³-hybridized carbons (Fsp3) is 0.350. The molecule has 9 rings (SSSR count). The maximum atomic E-state index is 13.5. The molecule has 13 nitrogen and oxygen atoms in total. The van der Waals surface area contributed by atoms with Crippen LogP contribution in [-0.4, -0.2) is 92.3 Å². The number of aromatic hydroxyl groups is 1. The summed E-state index contributed by atoms with van der Waals surface area (Å²) in [7, 11) is 0. The highest BCUT2D eigenvalue weighted by atomic mass is 16.5. The Kier molecular flexibility index (Phi) is 8.49. The molecule has 0 spiro atoms. The molecule has 1 unspecified atom stereocenters. The monoisotopic (exact) mass is 712 g/mol. The first-order valence-corrected chi connectivity index (χ1v) is 18.4. The average Bonchev–Trinajstić information content (AvgIpc) is 3.61. The van der Waals surface area contributed by atoms with Crippen molar-refractivity contribution in [2.75, 3.05) is 42.6 Å². The Hall–Kier alpha value is -5.82. The van der Waals surface area contributed by atoms with Gasteiger partial charge < -0.3 is 19.3 Å². The molecule has 2 saturated heterocycles. The molecule has 0 radical (unpaired) electrons. The molecule has 1 aliphatic carbocycles. The van der Waals surface area contributed by atoms with Crippen molar-refractivity contribution in [3.8, 4) is 28.4 Å². The lowest BCUT2D eigenvalue weighted by Crippen LogP contribution is -2.54. The third-order valence-corrected chi connectivity index (χ3v) is 11.3. The number of imide groups is 1. The fourth-order valence-corrected chi connectivity index (χ4v) is 8.57. The van der Waals surface area contributed by atoms with Crippen LogP contribution in [0.2, 0.25) is 0 Å². The number of hydrogen-bond donors (Lipinski definition) is 2. The number of phenolic OH excluding ortho intramolecular Hbond substituents is 1. The van der Waals surface area contributed by atoms with E-state index in [9.17, 15) is 19.5 Å². The number of fused-ring (bicyclic) bond motifs is 2. The molecule has 3 amide bonds. The summed E-state index contributed by atoms with van der Waals surface area (Å²) < 4.78 is 8.23. The van der Waals surface area contributed by atoms with Crippen molar-refractivity contribution < 1.29 is 24.2 Å². The smallest absolute Gasteiger partial charge is 0.249 e. The lowest BCUT2D eigenvalue weighted by Gasteiger charge is -2.42. The van der Waals surface area contributed by atoms with Crippen molar-refractivity contribution in [1.82, 2.24) is 30.0 Å². The molecule has 5 aromatic rings. The molecular formula is C40H40N8O5. The Balaban J connectivity index is 0.836. The van der Waals surface area contributed by atoms with E-state index >= 15 is 0 Å². The summed E-state index contributed by atoms with van der Waals surface area (Å²) in [5, 5.41) is 21.5. The molecule has 3 fully saturated rings. The topological polar surface area (TPSA) is 146 Å². The number of anilines is 2. The van der Waals surface area contributed by atoms with Crippen LogP contribution in [0.25, 0.3) is 28.0 Å². The van der Waals surface area contributed by atoms with Crippen LogP contribution in [-0.2, 0) is 14.4 Å². The highest BCUT2D eigenvalue weighted by Crippen LogP contribution is 2.45. The molecule has 0 bridgehead atoms. The zero-order valence-electron chi connectivity index (χ0n) is 29.2. The Morgan fingerprint density at radius 1 is 0.868 bits per heavy atom. The summed E-state index contributed by atoms with van der Waals surface area (Å²) >= 11 is 0. The van der Waals surface area contributed by atoms with Gasteiger partial charge in [0.25, 0.3) is 0 Å². The van der Waals surface area contributed by atoms with Gasteiger partial charge in [-0.2, -0.15) is 0 Å². The summed E-state index contributed by atoms with van der Waals surface area (Å²) in [5.41, 5.74) is 5.69. The number of ether oxygens (including phenoxy) is 1. The van der Waals surface area contributed by atoms with Gasteiger partial charge in [-0.25, -0.2) is 4.98 Å². The highest BCUT2D eigenvalue weighted by Gasteiger charge is 2.37. The standard InChI is InChI=1S/C40H40N8O5/c49-35-7-2-1-4-29(35)31-22-34-30(43-44-31)16-17-46(34)27-12-14-36(41-23-27)48-19-18-45(24-38(48)51)26-10-8-25(9-11-26)28-5-3-6-32-39(28)53-21-20-47(32)33-13-15-37(50)42-40(33)52/h1-7,12,14,16-17,22-23,25-26,33,49H,8-11,13,15,18-21,24H2,(H,42,50,52). The van der Waals surface area contributed by atoms with Gasteiger partial charge in [-0.1, -0.05) is 24.3 Å². The van der Waals surface area contributed by atoms with E-state index in [4.69, 9.17) is 9.72 Å². The van der Waals surface area contributed by atoms with Gasteiger partial charge in [0.1, 0.15) is 35.5 Å². The summed E-state index contributed by atoms with van der Waals surface area (Å²) in [4.78, 5) is 48.9. The van der Waals surface area contributed by atoms with Crippen LogP contribution in [0.5, 0.6) is 11.5 Å². The number of para-hydroxylation sites is 2. The third kappa shape index (κ3) is 6.14. The zero-order chi connectivity index (χ0) is 36.1. The van der Waals surface area contributed by atoms with E-state index in [1.54, 1.807) is 23.2 Å². The van der Waals surface area contributed by atoms with E-state index in [-0.39, 0.29) is 29.5 Å². The Morgan fingerprint density at radius 2 is 1.74 bits per heavy atom. The quantitative estimate of drug-likeness (QED) is 0.240. The van der Waals surface area contributed by atoms with Crippen molar-refractivity contribution in [1.29, 1.82) is 0 Å². The molecule has 53 heavy (non-hydrogen) atoms. The van der Waals surface area contributed by atoms with Crippen LogP contribution >= 0.6 is 0 Å². The number of nitrogens with one attached hydrogen (secondary N) is 1. The lowest BCUT2D eigenvalue weighted by atomic mass is 9.80. The third-order valence-electron chi connectivity index (χ3n) is 11.3. The lowest BCUT2D eigenvalue weighted by molar-refractivity contribution is -0.134. The minimum Gasteiger partial charge on any atom is -0.507 e. The van der Waals surface area contributed by atoms with E-state index in [2.05, 4.69) is 37.4 Å². The van der Waals surface area contributed by atoms with Gasteiger partial charge in [-0.3, -0.25) is 29.5 Å². The van der Waals surface area contributed by atoms with Gasteiger partial charge >= 0.3 is 0 Å². The maximum absolute atomic E-state index is 13.5. The summed E-state index contributed by atoms with van der Waals surface area (Å²) in [6.45, 7) is 2.83. The van der Waals surface area contributed by atoms with Gasteiger partial charge in [-0.05, 0) is 86.1 Å². The Labute approximate surface area is 306 Å².